The van der Waals surface area contributed by atoms with Crippen molar-refractivity contribution in [2.45, 2.75) is 13.0 Å². The number of ether oxygens (including phenoxy) is 1. The zero-order valence-electron chi connectivity index (χ0n) is 14.6. The number of carbonyl (C=O) groups is 2. The third-order valence-electron chi connectivity index (χ3n) is 4.07. The van der Waals surface area contributed by atoms with Crippen molar-refractivity contribution in [1.82, 2.24) is 10.2 Å². The van der Waals surface area contributed by atoms with E-state index in [2.05, 4.69) is 10.6 Å². The van der Waals surface area contributed by atoms with Crippen molar-refractivity contribution in [2.75, 3.05) is 25.0 Å². The molecule has 0 atom stereocenters. The van der Waals surface area contributed by atoms with Gasteiger partial charge in [0.25, 0.3) is 0 Å². The summed E-state index contributed by atoms with van der Waals surface area (Å²) in [5, 5.41) is 14.7. The van der Waals surface area contributed by atoms with Crippen molar-refractivity contribution in [3.8, 4) is 5.75 Å². The summed E-state index contributed by atoms with van der Waals surface area (Å²) in [7, 11) is 0. The van der Waals surface area contributed by atoms with E-state index in [0.29, 0.717) is 43.9 Å². The van der Waals surface area contributed by atoms with E-state index in [1.54, 1.807) is 17.0 Å². The third-order valence-corrected chi connectivity index (χ3v) is 4.07. The van der Waals surface area contributed by atoms with Crippen LogP contribution in [0.25, 0.3) is 0 Å². The number of carbonyl (C=O) groups excluding carboxylic acids is 2. The molecule has 3 rings (SSSR count). The van der Waals surface area contributed by atoms with Gasteiger partial charge in [-0.25, -0.2) is 14.0 Å². The molecule has 1 saturated heterocycles. The molecular formula is C19H20FN3O4. The number of nitrogens with zero attached hydrogens (tertiary/aromatic N) is 1. The lowest BCUT2D eigenvalue weighted by Gasteiger charge is -2.13. The number of amides is 3. The van der Waals surface area contributed by atoms with Gasteiger partial charge in [0.15, 0.2) is 0 Å². The van der Waals surface area contributed by atoms with Gasteiger partial charge < -0.3 is 25.4 Å². The van der Waals surface area contributed by atoms with Crippen molar-refractivity contribution < 1.29 is 23.8 Å². The fourth-order valence-electron chi connectivity index (χ4n) is 2.76. The minimum absolute atomic E-state index is 0.142. The van der Waals surface area contributed by atoms with Gasteiger partial charge in [0, 0.05) is 24.8 Å². The molecule has 0 spiro atoms. The van der Waals surface area contributed by atoms with Crippen LogP contribution in [-0.4, -0.2) is 41.8 Å². The highest BCUT2D eigenvalue weighted by molar-refractivity contribution is 5.89. The summed E-state index contributed by atoms with van der Waals surface area (Å²) in [6.07, 6.45) is 0.0760. The lowest BCUT2D eigenvalue weighted by molar-refractivity contribution is 0.157. The highest BCUT2D eigenvalue weighted by atomic mass is 19.1. The predicted molar refractivity (Wildman–Crippen MR) is 97.0 cm³/mol. The first-order chi connectivity index (χ1) is 13.0. The van der Waals surface area contributed by atoms with E-state index in [1.807, 2.05) is 12.1 Å². The van der Waals surface area contributed by atoms with Crippen LogP contribution in [0.15, 0.2) is 42.5 Å². The number of phenols is 1. The minimum Gasteiger partial charge on any atom is -0.508 e. The Balaban J connectivity index is 1.44. The van der Waals surface area contributed by atoms with E-state index in [9.17, 15) is 19.1 Å². The van der Waals surface area contributed by atoms with Crippen LogP contribution in [0.2, 0.25) is 0 Å². The number of nitrogens with one attached hydrogen (secondary N) is 2. The van der Waals surface area contributed by atoms with Gasteiger partial charge in [-0.05, 0) is 41.8 Å². The lowest BCUT2D eigenvalue weighted by atomic mass is 10.1. The maximum atomic E-state index is 13.2. The van der Waals surface area contributed by atoms with Crippen LogP contribution in [0.3, 0.4) is 0 Å². The monoisotopic (exact) mass is 373 g/mol. The topological polar surface area (TPSA) is 90.9 Å². The number of benzene rings is 2. The van der Waals surface area contributed by atoms with Crippen LogP contribution in [0.5, 0.6) is 5.75 Å². The average molecular weight is 373 g/mol. The van der Waals surface area contributed by atoms with Gasteiger partial charge in [-0.2, -0.15) is 0 Å². The summed E-state index contributed by atoms with van der Waals surface area (Å²) in [6.45, 7) is 1.74. The van der Waals surface area contributed by atoms with Gasteiger partial charge in [0.1, 0.15) is 18.2 Å². The van der Waals surface area contributed by atoms with Crippen molar-refractivity contribution in [3.05, 3.63) is 59.4 Å². The fraction of sp³-hybridized carbons (Fsp3) is 0.263. The second-order valence-electron chi connectivity index (χ2n) is 6.18. The van der Waals surface area contributed by atoms with Crippen molar-refractivity contribution >= 4 is 17.8 Å². The zero-order valence-corrected chi connectivity index (χ0v) is 14.6. The zero-order chi connectivity index (χ0) is 19.2. The molecule has 3 N–H and O–H groups in total. The number of hydrogen-bond acceptors (Lipinski definition) is 4. The van der Waals surface area contributed by atoms with Crippen LogP contribution in [0.1, 0.15) is 11.1 Å². The quantitative estimate of drug-likeness (QED) is 0.726. The second-order valence-corrected chi connectivity index (χ2v) is 6.18. The van der Waals surface area contributed by atoms with Crippen LogP contribution in [0, 0.1) is 5.82 Å². The largest absolute Gasteiger partial charge is 0.508 e. The fourth-order valence-corrected chi connectivity index (χ4v) is 2.76. The maximum absolute atomic E-state index is 13.2. The molecule has 7 nitrogen and oxygen atoms in total. The molecular weight excluding hydrogens is 353 g/mol. The van der Waals surface area contributed by atoms with Crippen molar-refractivity contribution in [1.29, 1.82) is 0 Å². The molecule has 0 aliphatic carbocycles. The summed E-state index contributed by atoms with van der Waals surface area (Å²) in [5.74, 6) is -0.659. The van der Waals surface area contributed by atoms with E-state index in [0.717, 1.165) is 11.6 Å². The molecule has 2 aromatic carbocycles. The number of phenolic OH excluding ortho intramolecular Hbond substituents is 1. The molecule has 1 fully saturated rings. The number of halogens is 1. The molecule has 0 saturated carbocycles. The molecule has 1 aliphatic rings. The molecule has 0 bridgehead atoms. The van der Waals surface area contributed by atoms with E-state index in [4.69, 9.17) is 4.74 Å². The first kappa shape index (κ1) is 18.5. The normalized spacial score (nSPS) is 13.4. The first-order valence-electron chi connectivity index (χ1n) is 8.53. The Morgan fingerprint density at radius 3 is 2.63 bits per heavy atom. The van der Waals surface area contributed by atoms with E-state index >= 15 is 0 Å². The summed E-state index contributed by atoms with van der Waals surface area (Å²) < 4.78 is 18.1. The summed E-state index contributed by atoms with van der Waals surface area (Å²) in [5.41, 5.74) is 2.15. The van der Waals surface area contributed by atoms with Gasteiger partial charge in [0.2, 0.25) is 0 Å². The Bertz CT molecular complexity index is 806. The van der Waals surface area contributed by atoms with E-state index in [-0.39, 0.29) is 17.9 Å². The van der Waals surface area contributed by atoms with Crippen LogP contribution in [0.4, 0.5) is 19.7 Å². The van der Waals surface area contributed by atoms with Gasteiger partial charge in [-0.1, -0.05) is 12.1 Å². The van der Waals surface area contributed by atoms with Crippen LogP contribution < -0.4 is 10.6 Å². The van der Waals surface area contributed by atoms with Gasteiger partial charge in [0.05, 0.1) is 6.54 Å². The highest BCUT2D eigenvalue weighted by Crippen LogP contribution is 2.15. The summed E-state index contributed by atoms with van der Waals surface area (Å²) >= 11 is 0. The van der Waals surface area contributed by atoms with E-state index < -0.39 is 5.82 Å². The summed E-state index contributed by atoms with van der Waals surface area (Å²) in [6, 6.07) is 10.6. The average Bonchev–Trinajstić information content (AvgIpc) is 3.00. The summed E-state index contributed by atoms with van der Waals surface area (Å²) in [4.78, 5) is 25.0. The Morgan fingerprint density at radius 1 is 1.19 bits per heavy atom. The molecule has 27 heavy (non-hydrogen) atoms. The Labute approximate surface area is 155 Å². The number of hydrogen-bond donors (Lipinski definition) is 3. The SMILES string of the molecule is O=C(NCCc1cc(O)cc(F)c1)Nc1ccc(CN2CCOC2=O)cc1. The van der Waals surface area contributed by atoms with Crippen molar-refractivity contribution in [3.63, 3.8) is 0 Å². The Kier molecular flexibility index (Phi) is 5.75. The number of anilines is 1. The molecule has 1 heterocycles. The van der Waals surface area contributed by atoms with Gasteiger partial charge >= 0.3 is 12.1 Å². The number of cyclic esters (lactones) is 1. The lowest BCUT2D eigenvalue weighted by Crippen LogP contribution is -2.30. The molecule has 8 heteroatoms. The molecule has 0 unspecified atom stereocenters. The molecule has 0 aromatic heterocycles. The van der Waals surface area contributed by atoms with Crippen LogP contribution >= 0.6 is 0 Å². The van der Waals surface area contributed by atoms with Gasteiger partial charge in [-0.3, -0.25) is 0 Å². The Hall–Kier alpha value is -3.29. The molecule has 2 aromatic rings. The van der Waals surface area contributed by atoms with Gasteiger partial charge in [-0.15, -0.1) is 0 Å². The third kappa shape index (κ3) is 5.34. The number of urea groups is 1. The first-order valence-corrected chi connectivity index (χ1v) is 8.53. The minimum atomic E-state index is -0.517. The standard InChI is InChI=1S/C19H20FN3O4/c20-15-9-14(10-17(24)11-15)5-6-21-18(25)22-16-3-1-13(2-4-16)12-23-7-8-27-19(23)26/h1-4,9-11,24H,5-8,12H2,(H2,21,22,25). The molecule has 0 radical (unpaired) electrons. The molecule has 1 aliphatic heterocycles. The van der Waals surface area contributed by atoms with Crippen molar-refractivity contribution in [2.24, 2.45) is 0 Å². The smallest absolute Gasteiger partial charge is 0.410 e. The number of aromatic hydroxyl groups is 1. The van der Waals surface area contributed by atoms with Crippen LogP contribution in [-0.2, 0) is 17.7 Å². The Morgan fingerprint density at radius 2 is 1.96 bits per heavy atom. The maximum Gasteiger partial charge on any atom is 0.410 e. The number of rotatable bonds is 6. The predicted octanol–water partition coefficient (Wildman–Crippen LogP) is 2.85. The second kappa shape index (κ2) is 8.39. The molecule has 3 amide bonds. The van der Waals surface area contributed by atoms with E-state index in [1.165, 1.54) is 12.1 Å². The molecule has 142 valence electrons. The highest BCUT2D eigenvalue weighted by Gasteiger charge is 2.21.